The molecule has 0 aromatic heterocycles. The molecule has 1 aromatic carbocycles. The molecule has 0 spiro atoms. The maximum atomic E-state index is 12.0. The monoisotopic (exact) mass is 291 g/mol. The molecule has 5 nitrogen and oxygen atoms in total. The summed E-state index contributed by atoms with van der Waals surface area (Å²) in [5.74, 6) is -1.21. The molecule has 7 heteroatoms. The molecule has 0 heterocycles. The Morgan fingerprint density at radius 2 is 2.11 bits per heavy atom. The van der Waals surface area contributed by atoms with Gasteiger partial charge < -0.3 is 5.11 Å². The highest BCUT2D eigenvalue weighted by Gasteiger charge is 2.25. The lowest BCUT2D eigenvalue weighted by atomic mass is 10.2. The fraction of sp³-hybridized carbons (Fsp3) is 0.364. The van der Waals surface area contributed by atoms with Gasteiger partial charge in [0.2, 0.25) is 10.0 Å². The zero-order chi connectivity index (χ0) is 13.9. The fourth-order valence-corrected chi connectivity index (χ4v) is 3.20. The third-order valence-electron chi connectivity index (χ3n) is 2.44. The van der Waals surface area contributed by atoms with Crippen molar-refractivity contribution in [3.8, 4) is 0 Å². The van der Waals surface area contributed by atoms with Crippen LogP contribution in [-0.4, -0.2) is 25.5 Å². The molecular weight excluding hydrogens is 278 g/mol. The van der Waals surface area contributed by atoms with Crippen LogP contribution in [0.15, 0.2) is 23.1 Å². The molecule has 0 bridgehead atoms. The van der Waals surface area contributed by atoms with Crippen LogP contribution in [0.2, 0.25) is 5.02 Å². The molecule has 0 aliphatic rings. The van der Waals surface area contributed by atoms with Gasteiger partial charge in [-0.25, -0.2) is 8.42 Å². The Hall–Kier alpha value is -1.11. The number of hydrogen-bond donors (Lipinski definition) is 2. The summed E-state index contributed by atoms with van der Waals surface area (Å²) < 4.78 is 26.2. The van der Waals surface area contributed by atoms with Crippen LogP contribution in [0, 0.1) is 6.92 Å². The first kappa shape index (κ1) is 14.9. The van der Waals surface area contributed by atoms with E-state index in [1.165, 1.54) is 6.07 Å². The summed E-state index contributed by atoms with van der Waals surface area (Å²) in [6.45, 7) is 3.21. The lowest BCUT2D eigenvalue weighted by Crippen LogP contribution is -2.40. The third kappa shape index (κ3) is 3.44. The highest BCUT2D eigenvalue weighted by Crippen LogP contribution is 2.20. The second-order valence-corrected chi connectivity index (χ2v) is 5.95. The van der Waals surface area contributed by atoms with Gasteiger partial charge in [0.1, 0.15) is 6.04 Å². The van der Waals surface area contributed by atoms with Crippen molar-refractivity contribution in [1.82, 2.24) is 4.72 Å². The first-order valence-electron chi connectivity index (χ1n) is 5.29. The van der Waals surface area contributed by atoms with Crippen molar-refractivity contribution >= 4 is 27.6 Å². The molecule has 0 saturated carbocycles. The number of aliphatic carboxylic acids is 1. The molecule has 1 aromatic rings. The zero-order valence-corrected chi connectivity index (χ0v) is 11.5. The molecule has 0 aliphatic carbocycles. The van der Waals surface area contributed by atoms with E-state index in [9.17, 15) is 13.2 Å². The summed E-state index contributed by atoms with van der Waals surface area (Å²) in [5.41, 5.74) is 0.507. The van der Waals surface area contributed by atoms with Gasteiger partial charge in [-0.1, -0.05) is 24.6 Å². The molecule has 1 atom stereocenters. The van der Waals surface area contributed by atoms with Gasteiger partial charge in [-0.3, -0.25) is 4.79 Å². The Morgan fingerprint density at radius 3 is 2.61 bits per heavy atom. The van der Waals surface area contributed by atoms with Gasteiger partial charge in [0.15, 0.2) is 0 Å². The Bertz CT molecular complexity index is 556. The number of nitrogens with one attached hydrogen (secondary N) is 1. The Labute approximate surface area is 111 Å². The molecule has 0 unspecified atom stereocenters. The van der Waals surface area contributed by atoms with Gasteiger partial charge in [0, 0.05) is 5.02 Å². The minimum atomic E-state index is -3.89. The smallest absolute Gasteiger partial charge is 0.321 e. The van der Waals surface area contributed by atoms with Crippen molar-refractivity contribution in [3.63, 3.8) is 0 Å². The highest BCUT2D eigenvalue weighted by atomic mass is 35.5. The lowest BCUT2D eigenvalue weighted by molar-refractivity contribution is -0.139. The second-order valence-electron chi connectivity index (χ2n) is 3.83. The number of sulfonamides is 1. The maximum absolute atomic E-state index is 12.0. The molecule has 0 radical (unpaired) electrons. The molecule has 100 valence electrons. The van der Waals surface area contributed by atoms with Crippen molar-refractivity contribution in [2.75, 3.05) is 0 Å². The number of carboxylic acids is 1. The number of benzene rings is 1. The largest absolute Gasteiger partial charge is 0.480 e. The van der Waals surface area contributed by atoms with Gasteiger partial charge in [0.05, 0.1) is 4.90 Å². The van der Waals surface area contributed by atoms with Crippen LogP contribution in [0.1, 0.15) is 18.9 Å². The van der Waals surface area contributed by atoms with Crippen LogP contribution in [0.3, 0.4) is 0 Å². The number of aryl methyl sites for hydroxylation is 1. The number of carboxylic acid groups (broad SMARTS) is 1. The van der Waals surface area contributed by atoms with E-state index in [4.69, 9.17) is 16.7 Å². The van der Waals surface area contributed by atoms with Crippen LogP contribution < -0.4 is 4.72 Å². The second kappa shape index (κ2) is 5.69. The average Bonchev–Trinajstić information content (AvgIpc) is 2.28. The van der Waals surface area contributed by atoms with Crippen molar-refractivity contribution in [2.24, 2.45) is 0 Å². The molecule has 0 saturated heterocycles. The van der Waals surface area contributed by atoms with Crippen LogP contribution in [-0.2, 0) is 14.8 Å². The number of halogens is 1. The van der Waals surface area contributed by atoms with Crippen LogP contribution in [0.25, 0.3) is 0 Å². The molecular formula is C11H14ClNO4S. The van der Waals surface area contributed by atoms with Crippen molar-refractivity contribution in [3.05, 3.63) is 28.8 Å². The first-order chi connectivity index (χ1) is 8.27. The number of hydrogen-bond acceptors (Lipinski definition) is 3. The summed E-state index contributed by atoms with van der Waals surface area (Å²) in [6.07, 6.45) is 0.161. The lowest BCUT2D eigenvalue weighted by Gasteiger charge is -2.14. The highest BCUT2D eigenvalue weighted by molar-refractivity contribution is 7.89. The van der Waals surface area contributed by atoms with Gasteiger partial charge >= 0.3 is 5.97 Å². The predicted molar refractivity (Wildman–Crippen MR) is 68.2 cm³/mol. The summed E-state index contributed by atoms with van der Waals surface area (Å²) in [4.78, 5) is 10.8. The van der Waals surface area contributed by atoms with Crippen LogP contribution in [0.5, 0.6) is 0 Å². The van der Waals surface area contributed by atoms with E-state index in [1.54, 1.807) is 26.0 Å². The van der Waals surface area contributed by atoms with E-state index in [1.807, 2.05) is 0 Å². The predicted octanol–water partition coefficient (Wildman–Crippen LogP) is 1.79. The molecule has 2 N–H and O–H groups in total. The van der Waals surface area contributed by atoms with Gasteiger partial charge in [-0.2, -0.15) is 4.72 Å². The minimum absolute atomic E-state index is 0.00491. The number of carbonyl (C=O) groups is 1. The maximum Gasteiger partial charge on any atom is 0.321 e. The van der Waals surface area contributed by atoms with Gasteiger partial charge in [0.25, 0.3) is 0 Å². The summed E-state index contributed by atoms with van der Waals surface area (Å²) >= 11 is 5.75. The topological polar surface area (TPSA) is 83.5 Å². The first-order valence-corrected chi connectivity index (χ1v) is 7.15. The molecule has 1 rings (SSSR count). The summed E-state index contributed by atoms with van der Waals surface area (Å²) in [6, 6.07) is 3.30. The molecule has 0 fully saturated rings. The van der Waals surface area contributed by atoms with Crippen LogP contribution in [0.4, 0.5) is 0 Å². The molecule has 0 aliphatic heterocycles. The molecule has 18 heavy (non-hydrogen) atoms. The standard InChI is InChI=1S/C11H14ClNO4S/c1-3-9(11(14)15)13-18(16,17)10-6-8(12)5-4-7(10)2/h4-6,9,13H,3H2,1-2H3,(H,14,15)/t9-/m0/s1. The van der Waals surface area contributed by atoms with E-state index in [2.05, 4.69) is 4.72 Å². The van der Waals surface area contributed by atoms with E-state index in [-0.39, 0.29) is 16.3 Å². The number of rotatable bonds is 5. The SMILES string of the molecule is CC[C@H](NS(=O)(=O)c1cc(Cl)ccc1C)C(=O)O. The van der Waals surface area contributed by atoms with E-state index in [0.29, 0.717) is 5.56 Å². The third-order valence-corrected chi connectivity index (χ3v) is 4.29. The fourth-order valence-electron chi connectivity index (χ4n) is 1.42. The van der Waals surface area contributed by atoms with Crippen molar-refractivity contribution < 1.29 is 18.3 Å². The normalized spacial score (nSPS) is 13.3. The van der Waals surface area contributed by atoms with E-state index in [0.717, 1.165) is 0 Å². The van der Waals surface area contributed by atoms with Gasteiger partial charge in [-0.15, -0.1) is 0 Å². The zero-order valence-electron chi connectivity index (χ0n) is 9.97. The minimum Gasteiger partial charge on any atom is -0.480 e. The quantitative estimate of drug-likeness (QED) is 0.866. The Kier molecular flexibility index (Phi) is 4.72. The van der Waals surface area contributed by atoms with Crippen molar-refractivity contribution in [2.45, 2.75) is 31.2 Å². The Balaban J connectivity index is 3.14. The molecule has 0 amide bonds. The van der Waals surface area contributed by atoms with Gasteiger partial charge in [-0.05, 0) is 31.0 Å². The van der Waals surface area contributed by atoms with Crippen LogP contribution >= 0.6 is 11.6 Å². The average molecular weight is 292 g/mol. The van der Waals surface area contributed by atoms with E-state index < -0.39 is 22.0 Å². The van der Waals surface area contributed by atoms with Crippen molar-refractivity contribution in [1.29, 1.82) is 0 Å². The summed E-state index contributed by atoms with van der Waals surface area (Å²) in [5, 5.41) is 9.14. The summed E-state index contributed by atoms with van der Waals surface area (Å²) in [7, 11) is -3.89. The van der Waals surface area contributed by atoms with E-state index >= 15 is 0 Å². The Morgan fingerprint density at radius 1 is 1.50 bits per heavy atom.